The molecule has 3 unspecified atom stereocenters. The van der Waals surface area contributed by atoms with Crippen LogP contribution in [0.1, 0.15) is 66.7 Å². The zero-order chi connectivity index (χ0) is 20.7. The lowest BCUT2D eigenvalue weighted by Crippen LogP contribution is -2.48. The molecule has 0 aromatic carbocycles. The number of hydrogen-bond donors (Lipinski definition) is 3. The van der Waals surface area contributed by atoms with Crippen LogP contribution in [0.15, 0.2) is 12.2 Å². The third-order valence-electron chi connectivity index (χ3n) is 5.30. The molecular formula is C21H39NO5. The van der Waals surface area contributed by atoms with Crippen LogP contribution in [-0.2, 0) is 14.3 Å². The van der Waals surface area contributed by atoms with Crippen molar-refractivity contribution in [2.75, 3.05) is 19.8 Å². The summed E-state index contributed by atoms with van der Waals surface area (Å²) >= 11 is 0. The van der Waals surface area contributed by atoms with Crippen molar-refractivity contribution in [1.29, 1.82) is 0 Å². The van der Waals surface area contributed by atoms with Gasteiger partial charge in [0.25, 0.3) is 0 Å². The molecule has 6 heteroatoms. The Kier molecular flexibility index (Phi) is 9.42. The van der Waals surface area contributed by atoms with Gasteiger partial charge in [-0.25, -0.2) is 0 Å². The molecule has 2 saturated heterocycles. The van der Waals surface area contributed by atoms with Gasteiger partial charge in [-0.15, -0.1) is 0 Å². The van der Waals surface area contributed by atoms with Crippen LogP contribution >= 0.6 is 0 Å². The number of carbonyl (C=O) groups excluding carboxylic acids is 1. The smallest absolute Gasteiger partial charge is 0.225 e. The molecule has 0 aromatic rings. The minimum Gasteiger partial charge on any atom is -0.396 e. The lowest BCUT2D eigenvalue weighted by molar-refractivity contribution is -0.248. The Balaban J connectivity index is 0.000000828. The van der Waals surface area contributed by atoms with E-state index >= 15 is 0 Å². The minimum absolute atomic E-state index is 0.0582. The molecule has 27 heavy (non-hydrogen) atoms. The Hall–Kier alpha value is -0.950. The summed E-state index contributed by atoms with van der Waals surface area (Å²) in [5.41, 5.74) is 1.15. The summed E-state index contributed by atoms with van der Waals surface area (Å²) in [5.74, 6) is -1.46. The first-order chi connectivity index (χ1) is 12.5. The molecule has 3 N–H and O–H groups in total. The fourth-order valence-corrected chi connectivity index (χ4v) is 3.19. The molecule has 2 aliphatic heterocycles. The topological polar surface area (TPSA) is 88.0 Å². The number of hydrogen-bond acceptors (Lipinski definition) is 5. The van der Waals surface area contributed by atoms with Gasteiger partial charge in [0.05, 0.1) is 25.2 Å². The van der Waals surface area contributed by atoms with E-state index in [2.05, 4.69) is 25.7 Å². The van der Waals surface area contributed by atoms with Crippen molar-refractivity contribution in [3.05, 3.63) is 12.2 Å². The minimum atomic E-state index is -1.44. The van der Waals surface area contributed by atoms with Gasteiger partial charge in [0.2, 0.25) is 5.91 Å². The van der Waals surface area contributed by atoms with Crippen LogP contribution in [-0.4, -0.2) is 53.9 Å². The number of amides is 1. The molecule has 0 bridgehead atoms. The predicted molar refractivity (Wildman–Crippen MR) is 106 cm³/mol. The van der Waals surface area contributed by atoms with Crippen molar-refractivity contribution in [2.45, 2.75) is 84.7 Å². The molecular weight excluding hydrogens is 346 g/mol. The lowest BCUT2D eigenvalue weighted by Gasteiger charge is -2.40. The second-order valence-corrected chi connectivity index (χ2v) is 8.73. The highest BCUT2D eigenvalue weighted by Crippen LogP contribution is 2.36. The zero-order valence-electron chi connectivity index (χ0n) is 17.7. The van der Waals surface area contributed by atoms with Gasteiger partial charge < -0.3 is 25.0 Å². The van der Waals surface area contributed by atoms with Gasteiger partial charge in [-0.1, -0.05) is 39.8 Å². The first-order valence-corrected chi connectivity index (χ1v) is 10.1. The summed E-state index contributed by atoms with van der Waals surface area (Å²) in [7, 11) is 0. The zero-order valence-corrected chi connectivity index (χ0v) is 17.7. The number of ether oxygens (including phenoxy) is 2. The molecule has 1 amide bonds. The summed E-state index contributed by atoms with van der Waals surface area (Å²) in [6, 6.07) is 0. The average Bonchev–Trinajstić information content (AvgIpc) is 2.58. The van der Waals surface area contributed by atoms with Crippen LogP contribution < -0.4 is 5.32 Å². The first kappa shape index (κ1) is 24.1. The Bertz CT molecular complexity index is 481. The average molecular weight is 386 g/mol. The van der Waals surface area contributed by atoms with Crippen LogP contribution in [0.25, 0.3) is 0 Å². The molecule has 2 aliphatic rings. The van der Waals surface area contributed by atoms with Gasteiger partial charge in [-0.05, 0) is 31.6 Å². The van der Waals surface area contributed by atoms with Gasteiger partial charge in [-0.2, -0.15) is 0 Å². The van der Waals surface area contributed by atoms with Gasteiger partial charge in [-0.3, -0.25) is 4.79 Å². The van der Waals surface area contributed by atoms with Gasteiger partial charge in [0.15, 0.2) is 5.79 Å². The van der Waals surface area contributed by atoms with Crippen LogP contribution in [0.4, 0.5) is 0 Å². The van der Waals surface area contributed by atoms with Crippen molar-refractivity contribution >= 4 is 5.91 Å². The molecule has 0 saturated carbocycles. The number of nitrogens with one attached hydrogen (secondary N) is 1. The van der Waals surface area contributed by atoms with Crippen molar-refractivity contribution in [3.63, 3.8) is 0 Å². The van der Waals surface area contributed by atoms with Crippen LogP contribution in [0, 0.1) is 11.3 Å². The van der Waals surface area contributed by atoms with Crippen molar-refractivity contribution < 1.29 is 24.5 Å². The van der Waals surface area contributed by atoms with Crippen LogP contribution in [0.2, 0.25) is 0 Å². The highest BCUT2D eigenvalue weighted by molar-refractivity contribution is 5.76. The lowest BCUT2D eigenvalue weighted by atomic mass is 9.85. The van der Waals surface area contributed by atoms with Crippen molar-refractivity contribution in [3.8, 4) is 0 Å². The van der Waals surface area contributed by atoms with E-state index in [4.69, 9.17) is 14.6 Å². The standard InChI is InChI=1S/C18H31NO4.C3H8O/c1-12-8-18(21,23-14(3)13(12)2)9-16(20)19-10-15-6-7-17(4,5)11-22-15;1-2-3-4/h13-15,21H,1,6-11H2,2-5H3,(H,19,20);4H,2-3H2,1H3/t13?,14?,15?,18-;/m1./s1. The van der Waals surface area contributed by atoms with Gasteiger partial charge in [0, 0.05) is 25.5 Å². The van der Waals surface area contributed by atoms with E-state index in [0.717, 1.165) is 31.4 Å². The summed E-state index contributed by atoms with van der Waals surface area (Å²) in [6.45, 7) is 15.7. The molecule has 2 fully saturated rings. The Labute approximate surface area is 164 Å². The van der Waals surface area contributed by atoms with Crippen LogP contribution in [0.5, 0.6) is 0 Å². The van der Waals surface area contributed by atoms with E-state index < -0.39 is 5.79 Å². The predicted octanol–water partition coefficient (Wildman–Crippen LogP) is 2.78. The third kappa shape index (κ3) is 8.30. The molecule has 2 rings (SSSR count). The normalized spacial score (nSPS) is 33.0. The van der Waals surface area contributed by atoms with E-state index in [1.54, 1.807) is 0 Å². The fourth-order valence-electron chi connectivity index (χ4n) is 3.19. The van der Waals surface area contributed by atoms with Gasteiger partial charge >= 0.3 is 0 Å². The third-order valence-corrected chi connectivity index (χ3v) is 5.30. The summed E-state index contributed by atoms with van der Waals surface area (Å²) in [5, 5.41) is 21.3. The highest BCUT2D eigenvalue weighted by atomic mass is 16.6. The highest BCUT2D eigenvalue weighted by Gasteiger charge is 2.40. The molecule has 2 heterocycles. The summed E-state index contributed by atoms with van der Waals surface area (Å²) < 4.78 is 11.4. The number of aliphatic hydroxyl groups is 2. The molecule has 4 atom stereocenters. The largest absolute Gasteiger partial charge is 0.396 e. The van der Waals surface area contributed by atoms with E-state index in [0.29, 0.717) is 19.6 Å². The molecule has 0 aromatic heterocycles. The maximum absolute atomic E-state index is 12.1. The molecule has 158 valence electrons. The molecule has 0 aliphatic carbocycles. The fraction of sp³-hybridized carbons (Fsp3) is 0.857. The van der Waals surface area contributed by atoms with Crippen molar-refractivity contribution in [2.24, 2.45) is 11.3 Å². The SMILES string of the molecule is C=C1C[C@](O)(CC(=O)NCC2CCC(C)(C)CO2)OC(C)C1C.CCCO. The van der Waals surface area contributed by atoms with Gasteiger partial charge in [0.1, 0.15) is 0 Å². The Morgan fingerprint density at radius 1 is 1.37 bits per heavy atom. The number of aliphatic hydroxyl groups excluding tert-OH is 1. The molecule has 6 nitrogen and oxygen atoms in total. The van der Waals surface area contributed by atoms with Crippen molar-refractivity contribution in [1.82, 2.24) is 5.32 Å². The second kappa shape index (κ2) is 10.6. The second-order valence-electron chi connectivity index (χ2n) is 8.73. The molecule has 0 radical (unpaired) electrons. The summed E-state index contributed by atoms with van der Waals surface area (Å²) in [4.78, 5) is 12.1. The van der Waals surface area contributed by atoms with E-state index in [1.165, 1.54) is 0 Å². The number of carbonyl (C=O) groups is 1. The van der Waals surface area contributed by atoms with E-state index in [1.807, 2.05) is 20.8 Å². The molecule has 0 spiro atoms. The quantitative estimate of drug-likeness (QED) is 0.634. The number of rotatable bonds is 5. The van der Waals surface area contributed by atoms with E-state index in [9.17, 15) is 9.90 Å². The van der Waals surface area contributed by atoms with Crippen LogP contribution in [0.3, 0.4) is 0 Å². The maximum Gasteiger partial charge on any atom is 0.225 e. The maximum atomic E-state index is 12.1. The first-order valence-electron chi connectivity index (χ1n) is 10.1. The Morgan fingerprint density at radius 2 is 2.00 bits per heavy atom. The Morgan fingerprint density at radius 3 is 2.48 bits per heavy atom. The van der Waals surface area contributed by atoms with E-state index in [-0.39, 0.29) is 35.9 Å². The monoisotopic (exact) mass is 385 g/mol. The summed E-state index contributed by atoms with van der Waals surface area (Å²) in [6.07, 6.45) is 3.07.